The molecular weight excluding hydrogens is 432 g/mol. The van der Waals surface area contributed by atoms with Crippen molar-refractivity contribution in [3.8, 4) is 0 Å². The zero-order chi connectivity index (χ0) is 20.2. The number of amides is 1. The van der Waals surface area contributed by atoms with Crippen molar-refractivity contribution in [2.75, 3.05) is 10.6 Å². The number of para-hydroxylation sites is 1. The van der Waals surface area contributed by atoms with Gasteiger partial charge in [-0.15, -0.1) is 0 Å². The van der Waals surface area contributed by atoms with Gasteiger partial charge in [0.1, 0.15) is 5.58 Å². The van der Waals surface area contributed by atoms with E-state index in [0.29, 0.717) is 28.8 Å². The molecule has 0 aliphatic carbocycles. The molecule has 5 nitrogen and oxygen atoms in total. The Morgan fingerprint density at radius 3 is 2.31 bits per heavy atom. The van der Waals surface area contributed by atoms with Crippen LogP contribution in [0.2, 0.25) is 0 Å². The van der Waals surface area contributed by atoms with Gasteiger partial charge in [-0.2, -0.15) is 0 Å². The number of halogens is 1. The Morgan fingerprint density at radius 2 is 1.55 bits per heavy atom. The Hall–Kier alpha value is -3.38. The molecule has 29 heavy (non-hydrogen) atoms. The van der Waals surface area contributed by atoms with Crippen LogP contribution in [-0.2, 0) is 6.54 Å². The van der Waals surface area contributed by atoms with E-state index in [1.54, 1.807) is 36.4 Å². The molecule has 144 valence electrons. The fraction of sp³-hybridized carbons (Fsp3) is 0.0435. The third-order valence-electron chi connectivity index (χ3n) is 4.47. The van der Waals surface area contributed by atoms with Crippen LogP contribution < -0.4 is 16.3 Å². The monoisotopic (exact) mass is 448 g/mol. The lowest BCUT2D eigenvalue weighted by Crippen LogP contribution is -2.20. The highest BCUT2D eigenvalue weighted by Gasteiger charge is 2.17. The zero-order valence-electron chi connectivity index (χ0n) is 15.3. The Bertz CT molecular complexity index is 1220. The van der Waals surface area contributed by atoms with Crippen molar-refractivity contribution >= 4 is 44.2 Å². The Kier molecular flexibility index (Phi) is 5.44. The van der Waals surface area contributed by atoms with Crippen LogP contribution >= 0.6 is 15.9 Å². The topological polar surface area (TPSA) is 71.3 Å². The van der Waals surface area contributed by atoms with Gasteiger partial charge in [-0.3, -0.25) is 4.79 Å². The van der Waals surface area contributed by atoms with Gasteiger partial charge in [-0.05, 0) is 42.0 Å². The summed E-state index contributed by atoms with van der Waals surface area (Å²) in [7, 11) is 0. The molecule has 0 saturated heterocycles. The lowest BCUT2D eigenvalue weighted by Gasteiger charge is -2.14. The molecule has 0 fully saturated rings. The van der Waals surface area contributed by atoms with E-state index in [9.17, 15) is 9.59 Å². The van der Waals surface area contributed by atoms with Gasteiger partial charge in [0.15, 0.2) is 5.69 Å². The minimum atomic E-state index is -0.607. The largest absolute Gasteiger partial charge is 0.421 e. The van der Waals surface area contributed by atoms with Gasteiger partial charge >= 0.3 is 5.63 Å². The summed E-state index contributed by atoms with van der Waals surface area (Å²) in [5, 5.41) is 6.73. The van der Waals surface area contributed by atoms with E-state index in [1.165, 1.54) is 0 Å². The number of benzene rings is 3. The van der Waals surface area contributed by atoms with Gasteiger partial charge in [0, 0.05) is 22.0 Å². The minimum absolute atomic E-state index is 0.0903. The molecule has 0 atom stereocenters. The molecule has 4 rings (SSSR count). The third kappa shape index (κ3) is 4.22. The van der Waals surface area contributed by atoms with Gasteiger partial charge < -0.3 is 15.1 Å². The van der Waals surface area contributed by atoms with Gasteiger partial charge in [-0.1, -0.05) is 58.4 Å². The summed E-state index contributed by atoms with van der Waals surface area (Å²) in [4.78, 5) is 25.4. The van der Waals surface area contributed by atoms with E-state index >= 15 is 0 Å². The standard InChI is InChI=1S/C23H17BrN2O3/c24-17-12-10-16(11-13-17)22(27)26-21-20(25-14-15-6-2-1-3-7-15)18-8-4-5-9-19(18)29-23(21)28/h1-13,25H,14H2,(H,26,27). The molecule has 0 saturated carbocycles. The molecule has 0 bridgehead atoms. The van der Waals surface area contributed by atoms with E-state index < -0.39 is 5.63 Å². The lowest BCUT2D eigenvalue weighted by molar-refractivity contribution is 0.102. The molecule has 3 aromatic carbocycles. The predicted octanol–water partition coefficient (Wildman–Crippen LogP) is 5.42. The van der Waals surface area contributed by atoms with Gasteiger partial charge in [0.25, 0.3) is 5.91 Å². The molecule has 1 heterocycles. The van der Waals surface area contributed by atoms with E-state index in [-0.39, 0.29) is 11.6 Å². The van der Waals surface area contributed by atoms with Crippen molar-refractivity contribution in [1.29, 1.82) is 0 Å². The summed E-state index contributed by atoms with van der Waals surface area (Å²) in [6, 6.07) is 23.9. The number of anilines is 2. The van der Waals surface area contributed by atoms with Gasteiger partial charge in [0.2, 0.25) is 0 Å². The zero-order valence-corrected chi connectivity index (χ0v) is 16.9. The first-order valence-electron chi connectivity index (χ1n) is 9.02. The number of carbonyl (C=O) groups excluding carboxylic acids is 1. The summed E-state index contributed by atoms with van der Waals surface area (Å²) in [6.07, 6.45) is 0. The van der Waals surface area contributed by atoms with Crippen molar-refractivity contribution in [3.63, 3.8) is 0 Å². The molecule has 4 aromatic rings. The molecule has 1 amide bonds. The maximum Gasteiger partial charge on any atom is 0.362 e. The molecule has 0 unspecified atom stereocenters. The van der Waals surface area contributed by atoms with Crippen LogP contribution in [0.1, 0.15) is 15.9 Å². The van der Waals surface area contributed by atoms with Crippen LogP contribution in [0.25, 0.3) is 11.0 Å². The quantitative estimate of drug-likeness (QED) is 0.399. The number of hydrogen-bond acceptors (Lipinski definition) is 4. The lowest BCUT2D eigenvalue weighted by atomic mass is 10.1. The van der Waals surface area contributed by atoms with Crippen LogP contribution in [-0.4, -0.2) is 5.91 Å². The first kappa shape index (κ1) is 19.0. The third-order valence-corrected chi connectivity index (χ3v) is 5.00. The summed E-state index contributed by atoms with van der Waals surface area (Å²) in [5.41, 5.74) is 1.96. The summed E-state index contributed by atoms with van der Waals surface area (Å²) >= 11 is 3.35. The Labute approximate surface area is 175 Å². The van der Waals surface area contributed by atoms with Gasteiger partial charge in [0.05, 0.1) is 5.69 Å². The van der Waals surface area contributed by atoms with E-state index in [1.807, 2.05) is 42.5 Å². The van der Waals surface area contributed by atoms with Crippen molar-refractivity contribution in [2.45, 2.75) is 6.54 Å². The predicted molar refractivity (Wildman–Crippen MR) is 118 cm³/mol. The Morgan fingerprint density at radius 1 is 0.862 bits per heavy atom. The van der Waals surface area contributed by atoms with E-state index in [0.717, 1.165) is 10.0 Å². The molecule has 2 N–H and O–H groups in total. The van der Waals surface area contributed by atoms with E-state index in [4.69, 9.17) is 4.42 Å². The van der Waals surface area contributed by atoms with Crippen LogP contribution in [0.4, 0.5) is 11.4 Å². The highest BCUT2D eigenvalue weighted by atomic mass is 79.9. The number of rotatable bonds is 5. The molecular formula is C23H17BrN2O3. The van der Waals surface area contributed by atoms with E-state index in [2.05, 4.69) is 26.6 Å². The second kappa shape index (κ2) is 8.32. The fourth-order valence-corrected chi connectivity index (χ4v) is 3.28. The Balaban J connectivity index is 1.73. The van der Waals surface area contributed by atoms with Crippen molar-refractivity contribution in [3.05, 3.63) is 105 Å². The maximum atomic E-state index is 12.7. The van der Waals surface area contributed by atoms with Crippen molar-refractivity contribution < 1.29 is 9.21 Å². The minimum Gasteiger partial charge on any atom is -0.421 e. The highest BCUT2D eigenvalue weighted by Crippen LogP contribution is 2.29. The van der Waals surface area contributed by atoms with Crippen LogP contribution in [0.15, 0.2) is 92.5 Å². The highest BCUT2D eigenvalue weighted by molar-refractivity contribution is 9.10. The number of fused-ring (bicyclic) bond motifs is 1. The average molecular weight is 449 g/mol. The van der Waals surface area contributed by atoms with Crippen LogP contribution in [0, 0.1) is 0 Å². The number of nitrogens with one attached hydrogen (secondary N) is 2. The first-order valence-corrected chi connectivity index (χ1v) is 9.81. The summed E-state index contributed by atoms with van der Waals surface area (Å²) in [6.45, 7) is 0.495. The summed E-state index contributed by atoms with van der Waals surface area (Å²) in [5.74, 6) is -0.386. The van der Waals surface area contributed by atoms with Crippen LogP contribution in [0.5, 0.6) is 0 Å². The molecule has 0 aliphatic heterocycles. The first-order chi connectivity index (χ1) is 14.1. The maximum absolute atomic E-state index is 12.7. The average Bonchev–Trinajstić information content (AvgIpc) is 2.74. The SMILES string of the molecule is O=C(Nc1c(NCc2ccccc2)c2ccccc2oc1=O)c1ccc(Br)cc1. The smallest absolute Gasteiger partial charge is 0.362 e. The normalized spacial score (nSPS) is 10.7. The number of carbonyl (C=O) groups is 1. The molecule has 1 aromatic heterocycles. The number of hydrogen-bond donors (Lipinski definition) is 2. The van der Waals surface area contributed by atoms with Crippen molar-refractivity contribution in [2.24, 2.45) is 0 Å². The summed E-state index contributed by atoms with van der Waals surface area (Å²) < 4.78 is 6.29. The molecule has 0 aliphatic rings. The molecule has 6 heteroatoms. The van der Waals surface area contributed by atoms with Gasteiger partial charge in [-0.25, -0.2) is 4.79 Å². The fourth-order valence-electron chi connectivity index (χ4n) is 3.02. The van der Waals surface area contributed by atoms with Crippen LogP contribution in [0.3, 0.4) is 0 Å². The van der Waals surface area contributed by atoms with Crippen molar-refractivity contribution in [1.82, 2.24) is 0 Å². The second-order valence-electron chi connectivity index (χ2n) is 6.44. The second-order valence-corrected chi connectivity index (χ2v) is 7.35. The molecule has 0 radical (unpaired) electrons. The molecule has 0 spiro atoms.